The smallest absolute Gasteiger partial charge is 0.316 e. The zero-order valence-corrected chi connectivity index (χ0v) is 16.8. The molecule has 29 heavy (non-hydrogen) atoms. The molecule has 2 aliphatic rings. The van der Waals surface area contributed by atoms with E-state index < -0.39 is 0 Å². The Morgan fingerprint density at radius 1 is 0.931 bits per heavy atom. The van der Waals surface area contributed by atoms with Crippen LogP contribution in [-0.2, 0) is 4.79 Å². The fraction of sp³-hybridized carbons (Fsp3) is 0.550. The first-order valence-electron chi connectivity index (χ1n) is 10.2. The van der Waals surface area contributed by atoms with E-state index in [4.69, 9.17) is 4.74 Å². The second kappa shape index (κ2) is 9.02. The summed E-state index contributed by atoms with van der Waals surface area (Å²) in [4.78, 5) is 36.1. The van der Waals surface area contributed by atoms with Gasteiger partial charge in [-0.25, -0.2) is 19.9 Å². The van der Waals surface area contributed by atoms with Crippen LogP contribution in [0.2, 0.25) is 0 Å². The fourth-order valence-corrected chi connectivity index (χ4v) is 3.75. The molecule has 9 heteroatoms. The van der Waals surface area contributed by atoms with Crippen LogP contribution in [0.15, 0.2) is 24.5 Å². The number of ether oxygens (including phenoxy) is 1. The summed E-state index contributed by atoms with van der Waals surface area (Å²) in [6.45, 7) is 6.77. The van der Waals surface area contributed by atoms with Crippen LogP contribution in [0.25, 0.3) is 0 Å². The molecule has 4 rings (SSSR count). The molecule has 0 atom stereocenters. The molecular formula is C20H27N7O2. The molecule has 2 saturated heterocycles. The van der Waals surface area contributed by atoms with Crippen molar-refractivity contribution in [2.75, 3.05) is 55.7 Å². The van der Waals surface area contributed by atoms with Crippen molar-refractivity contribution in [3.05, 3.63) is 30.4 Å². The van der Waals surface area contributed by atoms with Gasteiger partial charge in [0, 0.05) is 57.7 Å². The van der Waals surface area contributed by atoms with Crippen molar-refractivity contribution in [3.63, 3.8) is 0 Å². The van der Waals surface area contributed by atoms with Crippen molar-refractivity contribution in [2.45, 2.75) is 26.2 Å². The van der Waals surface area contributed by atoms with Crippen molar-refractivity contribution < 1.29 is 9.53 Å². The van der Waals surface area contributed by atoms with E-state index >= 15 is 0 Å². The minimum Gasteiger partial charge on any atom is -0.453 e. The van der Waals surface area contributed by atoms with E-state index in [1.54, 1.807) is 18.5 Å². The second-order valence-electron chi connectivity index (χ2n) is 7.37. The average molecular weight is 397 g/mol. The fourth-order valence-electron chi connectivity index (χ4n) is 3.75. The molecule has 9 nitrogen and oxygen atoms in total. The van der Waals surface area contributed by atoms with Gasteiger partial charge in [0.25, 0.3) is 5.91 Å². The van der Waals surface area contributed by atoms with Crippen LogP contribution in [0.4, 0.5) is 11.6 Å². The molecule has 2 fully saturated rings. The van der Waals surface area contributed by atoms with Crippen LogP contribution in [0, 0.1) is 6.92 Å². The largest absolute Gasteiger partial charge is 0.453 e. The highest BCUT2D eigenvalue weighted by molar-refractivity contribution is 5.78. The molecular weight excluding hydrogens is 370 g/mol. The maximum atomic E-state index is 12.4. The molecule has 2 aliphatic heterocycles. The highest BCUT2D eigenvalue weighted by Crippen LogP contribution is 2.23. The Bertz CT molecular complexity index is 819. The zero-order valence-electron chi connectivity index (χ0n) is 16.8. The predicted octanol–water partition coefficient (Wildman–Crippen LogP) is 1.29. The molecule has 0 aliphatic carbocycles. The number of carbonyl (C=O) groups excluding carboxylic acids is 1. The van der Waals surface area contributed by atoms with E-state index in [0.29, 0.717) is 13.1 Å². The lowest BCUT2D eigenvalue weighted by molar-refractivity contribution is -0.133. The number of hydrogen-bond donors (Lipinski definition) is 0. The van der Waals surface area contributed by atoms with Crippen LogP contribution in [0.1, 0.15) is 25.1 Å². The van der Waals surface area contributed by atoms with Crippen molar-refractivity contribution in [1.82, 2.24) is 24.8 Å². The zero-order chi connectivity index (χ0) is 20.1. The number of aryl methyl sites for hydroxylation is 1. The summed E-state index contributed by atoms with van der Waals surface area (Å²) >= 11 is 0. The van der Waals surface area contributed by atoms with Crippen LogP contribution < -0.4 is 14.5 Å². The van der Waals surface area contributed by atoms with Gasteiger partial charge in [-0.1, -0.05) is 0 Å². The second-order valence-corrected chi connectivity index (χ2v) is 7.37. The number of rotatable bonds is 5. The lowest BCUT2D eigenvalue weighted by atomic mass is 10.1. The van der Waals surface area contributed by atoms with E-state index in [9.17, 15) is 4.79 Å². The minimum absolute atomic E-state index is 0.0459. The van der Waals surface area contributed by atoms with Gasteiger partial charge >= 0.3 is 6.01 Å². The van der Waals surface area contributed by atoms with E-state index in [1.807, 2.05) is 11.8 Å². The Kier molecular flexibility index (Phi) is 6.02. The van der Waals surface area contributed by atoms with Gasteiger partial charge in [0.15, 0.2) is 6.61 Å². The molecule has 0 aromatic carbocycles. The summed E-state index contributed by atoms with van der Waals surface area (Å²) < 4.78 is 5.38. The van der Waals surface area contributed by atoms with Gasteiger partial charge in [-0.15, -0.1) is 0 Å². The van der Waals surface area contributed by atoms with Gasteiger partial charge in [0.1, 0.15) is 17.5 Å². The standard InChI is InChI=1S/C20H27N7O2/c1-16-23-17(25-8-3-2-4-9-25)14-18(24-16)26-10-12-27(13-11-26)19(28)15-29-20-21-6-5-7-22-20/h5-7,14H,2-4,8-13,15H2,1H3. The van der Waals surface area contributed by atoms with Crippen LogP contribution >= 0.6 is 0 Å². The first-order chi connectivity index (χ1) is 14.2. The van der Waals surface area contributed by atoms with E-state index in [-0.39, 0.29) is 18.5 Å². The predicted molar refractivity (Wildman–Crippen MR) is 109 cm³/mol. The highest BCUT2D eigenvalue weighted by atomic mass is 16.5. The van der Waals surface area contributed by atoms with Crippen molar-refractivity contribution in [1.29, 1.82) is 0 Å². The molecule has 0 spiro atoms. The number of anilines is 2. The normalized spacial score (nSPS) is 17.3. The first-order valence-corrected chi connectivity index (χ1v) is 10.2. The third-order valence-corrected chi connectivity index (χ3v) is 5.31. The number of piperidine rings is 1. The molecule has 4 heterocycles. The number of carbonyl (C=O) groups is 1. The number of hydrogen-bond acceptors (Lipinski definition) is 8. The summed E-state index contributed by atoms with van der Waals surface area (Å²) in [7, 11) is 0. The average Bonchev–Trinajstić information content (AvgIpc) is 2.78. The first kappa shape index (κ1) is 19.4. The molecule has 0 saturated carbocycles. The van der Waals surface area contributed by atoms with Crippen LogP contribution in [-0.4, -0.2) is 76.6 Å². The van der Waals surface area contributed by atoms with Gasteiger partial charge in [-0.3, -0.25) is 4.79 Å². The Morgan fingerprint density at radius 3 is 2.21 bits per heavy atom. The molecule has 2 aromatic rings. The number of nitrogens with zero attached hydrogens (tertiary/aromatic N) is 7. The summed E-state index contributed by atoms with van der Waals surface area (Å²) in [5.41, 5.74) is 0. The number of amides is 1. The lowest BCUT2D eigenvalue weighted by Gasteiger charge is -2.36. The molecule has 0 unspecified atom stereocenters. The minimum atomic E-state index is -0.0509. The molecule has 0 bridgehead atoms. The summed E-state index contributed by atoms with van der Waals surface area (Å²) in [6, 6.07) is 4.02. The monoisotopic (exact) mass is 397 g/mol. The third kappa shape index (κ3) is 4.90. The number of aromatic nitrogens is 4. The van der Waals surface area contributed by atoms with E-state index in [1.165, 1.54) is 19.3 Å². The quantitative estimate of drug-likeness (QED) is 0.746. The van der Waals surface area contributed by atoms with Gasteiger partial charge in [-0.2, -0.15) is 0 Å². The maximum Gasteiger partial charge on any atom is 0.316 e. The lowest BCUT2D eigenvalue weighted by Crippen LogP contribution is -2.50. The van der Waals surface area contributed by atoms with Gasteiger partial charge in [0.05, 0.1) is 0 Å². The van der Waals surface area contributed by atoms with E-state index in [0.717, 1.165) is 43.6 Å². The van der Waals surface area contributed by atoms with Crippen molar-refractivity contribution in [2.24, 2.45) is 0 Å². The van der Waals surface area contributed by atoms with Gasteiger partial charge in [0.2, 0.25) is 0 Å². The SMILES string of the molecule is Cc1nc(N2CCCCC2)cc(N2CCN(C(=O)COc3ncccn3)CC2)n1. The molecule has 2 aromatic heterocycles. The summed E-state index contributed by atoms with van der Waals surface area (Å²) in [5.74, 6) is 2.70. The van der Waals surface area contributed by atoms with Crippen LogP contribution in [0.3, 0.4) is 0 Å². The van der Waals surface area contributed by atoms with Gasteiger partial charge in [-0.05, 0) is 32.3 Å². The van der Waals surface area contributed by atoms with Crippen molar-refractivity contribution in [3.8, 4) is 6.01 Å². The van der Waals surface area contributed by atoms with Crippen LogP contribution in [0.5, 0.6) is 6.01 Å². The highest BCUT2D eigenvalue weighted by Gasteiger charge is 2.24. The van der Waals surface area contributed by atoms with Gasteiger partial charge < -0.3 is 19.4 Å². The van der Waals surface area contributed by atoms with Crippen molar-refractivity contribution >= 4 is 17.5 Å². The maximum absolute atomic E-state index is 12.4. The Morgan fingerprint density at radius 2 is 1.55 bits per heavy atom. The molecule has 1 amide bonds. The molecule has 0 N–H and O–H groups in total. The Hall–Kier alpha value is -2.97. The Balaban J connectivity index is 1.33. The molecule has 0 radical (unpaired) electrons. The summed E-state index contributed by atoms with van der Waals surface area (Å²) in [6.07, 6.45) is 6.91. The third-order valence-electron chi connectivity index (χ3n) is 5.31. The summed E-state index contributed by atoms with van der Waals surface area (Å²) in [5, 5.41) is 0. The number of piperazine rings is 1. The topological polar surface area (TPSA) is 87.6 Å². The Labute approximate surface area is 170 Å². The van der Waals surface area contributed by atoms with E-state index in [2.05, 4.69) is 35.8 Å². The molecule has 154 valence electrons.